The predicted molar refractivity (Wildman–Crippen MR) is 37.4 cm³/mol. The fraction of sp³-hybridized carbons (Fsp3) is 0.429. The quantitative estimate of drug-likeness (QED) is 0.621. The molecule has 0 fully saturated rings. The number of rotatable bonds is 3. The molecule has 3 nitrogen and oxygen atoms in total. The Labute approximate surface area is 59.5 Å². The molecular weight excluding hydrogens is 130 g/mol. The van der Waals surface area contributed by atoms with Crippen LogP contribution in [0.15, 0.2) is 18.5 Å². The van der Waals surface area contributed by atoms with Crippen molar-refractivity contribution in [2.24, 2.45) is 0 Å². The number of hydrogen-bond acceptors (Lipinski definition) is 2. The minimum Gasteiger partial charge on any atom is -0.395 e. The van der Waals surface area contributed by atoms with Crippen molar-refractivity contribution < 1.29 is 10.2 Å². The maximum atomic E-state index is 8.64. The van der Waals surface area contributed by atoms with E-state index in [0.717, 1.165) is 5.56 Å². The second-order valence-corrected chi connectivity index (χ2v) is 2.14. The van der Waals surface area contributed by atoms with Crippen molar-refractivity contribution in [1.29, 1.82) is 0 Å². The van der Waals surface area contributed by atoms with Gasteiger partial charge in [0.05, 0.1) is 13.2 Å². The van der Waals surface area contributed by atoms with Crippen LogP contribution in [-0.2, 0) is 13.2 Å². The number of aliphatic hydroxyl groups excluding tert-OH is 2. The molecule has 0 aliphatic heterocycles. The van der Waals surface area contributed by atoms with E-state index < -0.39 is 0 Å². The highest BCUT2D eigenvalue weighted by Crippen LogP contribution is 1.99. The van der Waals surface area contributed by atoms with Crippen LogP contribution in [-0.4, -0.2) is 21.4 Å². The van der Waals surface area contributed by atoms with Crippen LogP contribution in [0.3, 0.4) is 0 Å². The fourth-order valence-electron chi connectivity index (χ4n) is 0.839. The van der Waals surface area contributed by atoms with Crippen molar-refractivity contribution in [2.75, 3.05) is 6.61 Å². The second-order valence-electron chi connectivity index (χ2n) is 2.14. The first-order valence-electron chi connectivity index (χ1n) is 3.23. The molecule has 0 unspecified atom stereocenters. The fourth-order valence-corrected chi connectivity index (χ4v) is 0.839. The van der Waals surface area contributed by atoms with Crippen LogP contribution in [0.1, 0.15) is 5.56 Å². The van der Waals surface area contributed by atoms with E-state index in [1.807, 2.05) is 23.0 Å². The van der Waals surface area contributed by atoms with E-state index in [4.69, 9.17) is 10.2 Å². The van der Waals surface area contributed by atoms with E-state index in [0.29, 0.717) is 6.54 Å². The molecule has 2 N–H and O–H groups in total. The summed E-state index contributed by atoms with van der Waals surface area (Å²) in [4.78, 5) is 0. The molecule has 0 aliphatic carbocycles. The first-order valence-corrected chi connectivity index (χ1v) is 3.23. The van der Waals surface area contributed by atoms with E-state index in [-0.39, 0.29) is 13.2 Å². The molecule has 0 saturated heterocycles. The van der Waals surface area contributed by atoms with Crippen molar-refractivity contribution >= 4 is 0 Å². The molecule has 56 valence electrons. The lowest BCUT2D eigenvalue weighted by Gasteiger charge is -1.95. The number of aromatic nitrogens is 1. The van der Waals surface area contributed by atoms with Gasteiger partial charge in [-0.3, -0.25) is 0 Å². The first-order chi connectivity index (χ1) is 4.86. The highest BCUT2D eigenvalue weighted by molar-refractivity contribution is 5.08. The lowest BCUT2D eigenvalue weighted by molar-refractivity contribution is 0.273. The Balaban J connectivity index is 2.59. The molecule has 0 bridgehead atoms. The van der Waals surface area contributed by atoms with Crippen LogP contribution in [0.5, 0.6) is 0 Å². The van der Waals surface area contributed by atoms with Gasteiger partial charge in [0.1, 0.15) is 0 Å². The summed E-state index contributed by atoms with van der Waals surface area (Å²) >= 11 is 0. The third kappa shape index (κ3) is 1.59. The van der Waals surface area contributed by atoms with E-state index in [1.165, 1.54) is 0 Å². The van der Waals surface area contributed by atoms with Crippen LogP contribution in [0.4, 0.5) is 0 Å². The Kier molecular flexibility index (Phi) is 2.48. The minimum absolute atomic E-state index is 0.0679. The highest BCUT2D eigenvalue weighted by Gasteiger charge is 1.92. The second kappa shape index (κ2) is 3.39. The predicted octanol–water partition coefficient (Wildman–Crippen LogP) is -0.0273. The smallest absolute Gasteiger partial charge is 0.0696 e. The van der Waals surface area contributed by atoms with Gasteiger partial charge >= 0.3 is 0 Å². The van der Waals surface area contributed by atoms with Gasteiger partial charge < -0.3 is 14.8 Å². The molecule has 0 spiro atoms. The summed E-state index contributed by atoms with van der Waals surface area (Å²) in [6.45, 7) is 0.804. The zero-order valence-corrected chi connectivity index (χ0v) is 5.70. The SMILES string of the molecule is OCCn1ccc(CO)c1. The zero-order valence-electron chi connectivity index (χ0n) is 5.70. The molecule has 0 saturated carbocycles. The third-order valence-electron chi connectivity index (χ3n) is 1.35. The molecule has 0 aliphatic rings. The molecule has 3 heteroatoms. The van der Waals surface area contributed by atoms with E-state index in [1.54, 1.807) is 0 Å². The summed E-state index contributed by atoms with van der Waals surface area (Å²) in [7, 11) is 0. The lowest BCUT2D eigenvalue weighted by Crippen LogP contribution is -1.97. The number of nitrogens with zero attached hydrogens (tertiary/aromatic N) is 1. The van der Waals surface area contributed by atoms with Gasteiger partial charge in [-0.2, -0.15) is 0 Å². The van der Waals surface area contributed by atoms with Crippen LogP contribution in [0, 0.1) is 0 Å². The Hall–Kier alpha value is -0.800. The van der Waals surface area contributed by atoms with Crippen LogP contribution in [0.25, 0.3) is 0 Å². The van der Waals surface area contributed by atoms with Crippen LogP contribution < -0.4 is 0 Å². The van der Waals surface area contributed by atoms with Crippen molar-refractivity contribution in [3.63, 3.8) is 0 Å². The molecule has 10 heavy (non-hydrogen) atoms. The molecule has 1 aromatic heterocycles. The molecule has 0 atom stereocenters. The lowest BCUT2D eigenvalue weighted by atomic mass is 10.4. The van der Waals surface area contributed by atoms with Gasteiger partial charge in [0.25, 0.3) is 0 Å². The van der Waals surface area contributed by atoms with Gasteiger partial charge in [0, 0.05) is 18.9 Å². The zero-order chi connectivity index (χ0) is 7.40. The Morgan fingerprint density at radius 1 is 1.40 bits per heavy atom. The van der Waals surface area contributed by atoms with Crippen molar-refractivity contribution in [2.45, 2.75) is 13.2 Å². The van der Waals surface area contributed by atoms with Crippen LogP contribution >= 0.6 is 0 Å². The average molecular weight is 141 g/mol. The molecule has 1 heterocycles. The molecule has 0 aromatic carbocycles. The molecule has 0 amide bonds. The van der Waals surface area contributed by atoms with Crippen molar-refractivity contribution in [3.05, 3.63) is 24.0 Å². The highest BCUT2D eigenvalue weighted by atomic mass is 16.3. The topological polar surface area (TPSA) is 45.4 Å². The first kappa shape index (κ1) is 7.31. The van der Waals surface area contributed by atoms with Gasteiger partial charge in [0.2, 0.25) is 0 Å². The summed E-state index contributed by atoms with van der Waals surface area (Å²) in [5.41, 5.74) is 0.883. The minimum atomic E-state index is 0.0679. The normalized spacial score (nSPS) is 10.2. The molecule has 0 radical (unpaired) electrons. The number of aliphatic hydroxyl groups is 2. The Morgan fingerprint density at radius 2 is 2.20 bits per heavy atom. The summed E-state index contributed by atoms with van der Waals surface area (Å²) in [6.07, 6.45) is 3.65. The molecule has 1 aromatic rings. The van der Waals surface area contributed by atoms with Crippen molar-refractivity contribution in [3.8, 4) is 0 Å². The van der Waals surface area contributed by atoms with Gasteiger partial charge in [-0.05, 0) is 11.6 Å². The van der Waals surface area contributed by atoms with Gasteiger partial charge in [-0.25, -0.2) is 0 Å². The Morgan fingerprint density at radius 3 is 2.70 bits per heavy atom. The number of hydrogen-bond donors (Lipinski definition) is 2. The summed E-state index contributed by atoms with van der Waals surface area (Å²) in [5.74, 6) is 0. The maximum Gasteiger partial charge on any atom is 0.0696 e. The summed E-state index contributed by atoms with van der Waals surface area (Å²) < 4.78 is 1.84. The Bertz CT molecular complexity index is 195. The summed E-state index contributed by atoms with van der Waals surface area (Å²) in [6, 6.07) is 1.83. The largest absolute Gasteiger partial charge is 0.395 e. The van der Waals surface area contributed by atoms with E-state index in [9.17, 15) is 0 Å². The monoisotopic (exact) mass is 141 g/mol. The molecular formula is C7H11NO2. The van der Waals surface area contributed by atoms with Crippen molar-refractivity contribution in [1.82, 2.24) is 4.57 Å². The van der Waals surface area contributed by atoms with Gasteiger partial charge in [-0.1, -0.05) is 0 Å². The molecule has 1 rings (SSSR count). The van der Waals surface area contributed by atoms with E-state index in [2.05, 4.69) is 0 Å². The third-order valence-corrected chi connectivity index (χ3v) is 1.35. The maximum absolute atomic E-state index is 8.64. The standard InChI is InChI=1S/C7H11NO2/c9-4-3-8-2-1-7(5-8)6-10/h1-2,5,9-10H,3-4,6H2. The average Bonchev–Trinajstić information content (AvgIpc) is 2.37. The van der Waals surface area contributed by atoms with Gasteiger partial charge in [0.15, 0.2) is 0 Å². The van der Waals surface area contributed by atoms with E-state index >= 15 is 0 Å². The van der Waals surface area contributed by atoms with Crippen LogP contribution in [0.2, 0.25) is 0 Å². The van der Waals surface area contributed by atoms with Gasteiger partial charge in [-0.15, -0.1) is 0 Å². The summed E-state index contributed by atoms with van der Waals surface area (Å²) in [5, 5.41) is 17.2.